The van der Waals surface area contributed by atoms with Crippen LogP contribution in [0.2, 0.25) is 0 Å². The Kier molecular flexibility index (Phi) is 8.49. The van der Waals surface area contributed by atoms with Crippen LogP contribution in [-0.2, 0) is 12.8 Å². The quantitative estimate of drug-likeness (QED) is 0.931. The van der Waals surface area contributed by atoms with Crippen LogP contribution in [0.15, 0.2) is 6.07 Å². The lowest BCUT2D eigenvalue weighted by molar-refractivity contribution is 0.443. The van der Waals surface area contributed by atoms with E-state index in [1.807, 2.05) is 0 Å². The molecular weight excluding hydrogens is 269 g/mol. The highest BCUT2D eigenvalue weighted by molar-refractivity contribution is 5.85. The van der Waals surface area contributed by atoms with E-state index >= 15 is 0 Å². The zero-order valence-corrected chi connectivity index (χ0v) is 12.7. The maximum Gasteiger partial charge on any atom is 0.132 e. The summed E-state index contributed by atoms with van der Waals surface area (Å²) in [7, 11) is 0. The summed E-state index contributed by atoms with van der Waals surface area (Å²) in [6.45, 7) is 6.53. The molecule has 0 atom stereocenters. The first-order valence-corrected chi connectivity index (χ1v) is 6.41. The lowest BCUT2D eigenvalue weighted by Gasteiger charge is -2.22. The number of piperidine rings is 1. The molecule has 0 unspecified atom stereocenters. The molecule has 1 saturated heterocycles. The Hall–Kier alpha value is -0.380. The van der Waals surface area contributed by atoms with E-state index in [1.165, 1.54) is 24.2 Å². The first kappa shape index (κ1) is 17.6. The van der Waals surface area contributed by atoms with E-state index in [4.69, 9.17) is 0 Å². The summed E-state index contributed by atoms with van der Waals surface area (Å²) in [5, 5.41) is 3.39. The summed E-state index contributed by atoms with van der Waals surface area (Å²) in [6.07, 6.45) is 4.37. The molecule has 1 aliphatic heterocycles. The Balaban J connectivity index is 0.00000144. The maximum atomic E-state index is 4.68. The fraction of sp³-hybridized carbons (Fsp3) is 0.692. The van der Waals surface area contributed by atoms with Gasteiger partial charge < -0.3 is 5.32 Å². The topological polar surface area (TPSA) is 37.8 Å². The van der Waals surface area contributed by atoms with Gasteiger partial charge in [-0.25, -0.2) is 9.97 Å². The third-order valence-electron chi connectivity index (χ3n) is 3.28. The lowest BCUT2D eigenvalue weighted by Crippen LogP contribution is -2.27. The molecule has 104 valence electrons. The molecule has 0 amide bonds. The summed E-state index contributed by atoms with van der Waals surface area (Å²) in [6, 6.07) is 2.14. The third-order valence-corrected chi connectivity index (χ3v) is 3.28. The largest absolute Gasteiger partial charge is 0.317 e. The Morgan fingerprint density at radius 3 is 2.00 bits per heavy atom. The van der Waals surface area contributed by atoms with Crippen molar-refractivity contribution in [2.24, 2.45) is 0 Å². The predicted octanol–water partition coefficient (Wildman–Crippen LogP) is 2.91. The second-order valence-corrected chi connectivity index (χ2v) is 4.44. The highest BCUT2D eigenvalue weighted by Gasteiger charge is 2.18. The number of nitrogens with one attached hydrogen (secondary N) is 1. The molecule has 1 aromatic rings. The lowest BCUT2D eigenvalue weighted by atomic mass is 9.97. The summed E-state index contributed by atoms with van der Waals surface area (Å²) < 4.78 is 0. The molecule has 5 heteroatoms. The van der Waals surface area contributed by atoms with Crippen LogP contribution in [-0.4, -0.2) is 23.1 Å². The summed E-state index contributed by atoms with van der Waals surface area (Å²) in [5.41, 5.74) is 2.39. The summed E-state index contributed by atoms with van der Waals surface area (Å²) in [5.74, 6) is 1.65. The zero-order chi connectivity index (χ0) is 11.4. The van der Waals surface area contributed by atoms with Crippen molar-refractivity contribution >= 4 is 24.8 Å². The molecule has 0 aliphatic carbocycles. The molecule has 2 rings (SSSR count). The Morgan fingerprint density at radius 2 is 1.56 bits per heavy atom. The van der Waals surface area contributed by atoms with Gasteiger partial charge in [0.05, 0.1) is 0 Å². The number of nitrogens with zero attached hydrogens (tertiary/aromatic N) is 2. The van der Waals surface area contributed by atoms with Crippen molar-refractivity contribution in [2.45, 2.75) is 45.4 Å². The van der Waals surface area contributed by atoms with Gasteiger partial charge in [-0.1, -0.05) is 13.8 Å². The molecule has 1 fully saturated rings. The van der Waals surface area contributed by atoms with Crippen molar-refractivity contribution in [3.63, 3.8) is 0 Å². The Morgan fingerprint density at radius 1 is 1.06 bits per heavy atom. The van der Waals surface area contributed by atoms with Crippen LogP contribution < -0.4 is 5.32 Å². The van der Waals surface area contributed by atoms with Crippen LogP contribution >= 0.6 is 24.8 Å². The van der Waals surface area contributed by atoms with Gasteiger partial charge in [0.2, 0.25) is 0 Å². The van der Waals surface area contributed by atoms with Crippen molar-refractivity contribution in [1.82, 2.24) is 15.3 Å². The third kappa shape index (κ3) is 4.38. The monoisotopic (exact) mass is 291 g/mol. The highest BCUT2D eigenvalue weighted by Crippen LogP contribution is 2.22. The van der Waals surface area contributed by atoms with E-state index < -0.39 is 0 Å². The SMILES string of the molecule is CCc1cc(CC)nc(C2CCNCC2)n1.Cl.Cl. The molecule has 0 spiro atoms. The van der Waals surface area contributed by atoms with Crippen LogP contribution in [0.1, 0.15) is 49.8 Å². The molecule has 0 aromatic carbocycles. The van der Waals surface area contributed by atoms with Gasteiger partial charge in [-0.3, -0.25) is 0 Å². The molecule has 2 heterocycles. The van der Waals surface area contributed by atoms with E-state index in [-0.39, 0.29) is 24.8 Å². The number of halogens is 2. The van der Waals surface area contributed by atoms with Crippen molar-refractivity contribution in [1.29, 1.82) is 0 Å². The Bertz CT molecular complexity index is 330. The van der Waals surface area contributed by atoms with Gasteiger partial charge in [-0.15, -0.1) is 24.8 Å². The first-order valence-electron chi connectivity index (χ1n) is 6.41. The number of hydrogen-bond donors (Lipinski definition) is 1. The molecule has 0 radical (unpaired) electrons. The normalized spacial score (nSPS) is 15.7. The molecule has 1 N–H and O–H groups in total. The van der Waals surface area contributed by atoms with Crippen LogP contribution in [0.3, 0.4) is 0 Å². The van der Waals surface area contributed by atoms with Crippen LogP contribution in [0.4, 0.5) is 0 Å². The predicted molar refractivity (Wildman–Crippen MR) is 80.1 cm³/mol. The van der Waals surface area contributed by atoms with E-state index in [0.717, 1.165) is 31.8 Å². The fourth-order valence-electron chi connectivity index (χ4n) is 2.20. The molecule has 18 heavy (non-hydrogen) atoms. The van der Waals surface area contributed by atoms with Crippen LogP contribution in [0, 0.1) is 0 Å². The van der Waals surface area contributed by atoms with Gasteiger partial charge in [-0.2, -0.15) is 0 Å². The maximum absolute atomic E-state index is 4.68. The number of rotatable bonds is 3. The van der Waals surface area contributed by atoms with Gasteiger partial charge in [0, 0.05) is 17.3 Å². The van der Waals surface area contributed by atoms with E-state index in [2.05, 4.69) is 35.2 Å². The van der Waals surface area contributed by atoms with Crippen LogP contribution in [0.5, 0.6) is 0 Å². The van der Waals surface area contributed by atoms with Crippen molar-refractivity contribution in [3.05, 3.63) is 23.3 Å². The minimum absolute atomic E-state index is 0. The summed E-state index contributed by atoms with van der Waals surface area (Å²) >= 11 is 0. The minimum atomic E-state index is 0. The second-order valence-electron chi connectivity index (χ2n) is 4.44. The molecular formula is C13H23Cl2N3. The smallest absolute Gasteiger partial charge is 0.132 e. The fourth-order valence-corrected chi connectivity index (χ4v) is 2.20. The van der Waals surface area contributed by atoms with E-state index in [9.17, 15) is 0 Å². The summed E-state index contributed by atoms with van der Waals surface area (Å²) in [4.78, 5) is 9.37. The number of hydrogen-bond acceptors (Lipinski definition) is 3. The standard InChI is InChI=1S/C13H21N3.2ClH/c1-3-11-9-12(4-2)16-13(15-11)10-5-7-14-8-6-10;;/h9-10,14H,3-8H2,1-2H3;2*1H. The van der Waals surface area contributed by atoms with Crippen molar-refractivity contribution in [2.75, 3.05) is 13.1 Å². The molecule has 0 bridgehead atoms. The van der Waals surface area contributed by atoms with Gasteiger partial charge in [0.1, 0.15) is 5.82 Å². The molecule has 1 aliphatic rings. The Labute approximate surface area is 122 Å². The second kappa shape index (κ2) is 8.68. The molecule has 0 saturated carbocycles. The van der Waals surface area contributed by atoms with E-state index in [1.54, 1.807) is 0 Å². The van der Waals surface area contributed by atoms with Crippen molar-refractivity contribution < 1.29 is 0 Å². The van der Waals surface area contributed by atoms with Crippen molar-refractivity contribution in [3.8, 4) is 0 Å². The zero-order valence-electron chi connectivity index (χ0n) is 11.1. The molecule has 1 aromatic heterocycles. The first-order chi connectivity index (χ1) is 7.83. The molecule has 3 nitrogen and oxygen atoms in total. The average Bonchev–Trinajstić information content (AvgIpc) is 2.39. The van der Waals surface area contributed by atoms with Gasteiger partial charge in [0.15, 0.2) is 0 Å². The highest BCUT2D eigenvalue weighted by atomic mass is 35.5. The van der Waals surface area contributed by atoms with Gasteiger partial charge >= 0.3 is 0 Å². The van der Waals surface area contributed by atoms with Crippen LogP contribution in [0.25, 0.3) is 0 Å². The average molecular weight is 292 g/mol. The van der Waals surface area contributed by atoms with Gasteiger partial charge in [0.25, 0.3) is 0 Å². The number of aryl methyl sites for hydroxylation is 2. The van der Waals surface area contributed by atoms with Gasteiger partial charge in [-0.05, 0) is 44.8 Å². The minimum Gasteiger partial charge on any atom is -0.317 e. The van der Waals surface area contributed by atoms with E-state index in [0.29, 0.717) is 5.92 Å². The number of aromatic nitrogens is 2.